The Kier molecular flexibility index (Phi) is 24.5. The minimum absolute atomic E-state index is 0.00792. The number of anilines is 2. The molecule has 0 saturated carbocycles. The van der Waals surface area contributed by atoms with Gasteiger partial charge in [-0.3, -0.25) is 24.5 Å². The third kappa shape index (κ3) is 18.4. The van der Waals surface area contributed by atoms with Crippen molar-refractivity contribution in [2.24, 2.45) is 5.92 Å². The minimum Gasteiger partial charge on any atom is -0.495 e. The van der Waals surface area contributed by atoms with Crippen molar-refractivity contribution in [3.8, 4) is 11.5 Å². The normalized spacial score (nSPS) is 25.7. The molecule has 2 aromatic carbocycles. The van der Waals surface area contributed by atoms with Crippen LogP contribution in [0.3, 0.4) is 0 Å². The molecular formula is C63H83ClN8O20. The van der Waals surface area contributed by atoms with Gasteiger partial charge in [0.05, 0.1) is 43.5 Å². The fourth-order valence-electron chi connectivity index (χ4n) is 10.9. The number of hydrogen-bond donors (Lipinski definition) is 4. The van der Waals surface area contributed by atoms with Crippen LogP contribution in [0.2, 0.25) is 5.02 Å². The van der Waals surface area contributed by atoms with E-state index in [-0.39, 0.29) is 67.9 Å². The van der Waals surface area contributed by atoms with Gasteiger partial charge in [0.15, 0.2) is 11.5 Å². The average Bonchev–Trinajstić information content (AvgIpc) is 1.57. The number of benzene rings is 2. The van der Waals surface area contributed by atoms with Crippen molar-refractivity contribution in [1.29, 1.82) is 0 Å². The van der Waals surface area contributed by atoms with E-state index >= 15 is 0 Å². The number of nitrogens with one attached hydrogen (secondary N) is 3. The van der Waals surface area contributed by atoms with Crippen LogP contribution in [0.4, 0.5) is 30.6 Å². The monoisotopic (exact) mass is 1310 g/mol. The van der Waals surface area contributed by atoms with Gasteiger partial charge in [-0.2, -0.15) is 0 Å². The minimum atomic E-state index is -1.92. The zero-order chi connectivity index (χ0) is 67.2. The predicted molar refractivity (Wildman–Crippen MR) is 330 cm³/mol. The van der Waals surface area contributed by atoms with Crippen LogP contribution in [0.5, 0.6) is 11.5 Å². The van der Waals surface area contributed by atoms with Crippen molar-refractivity contribution in [1.82, 2.24) is 30.4 Å². The number of esters is 1. The largest absolute Gasteiger partial charge is 0.495 e. The number of carbonyl (C=O) groups excluding carboxylic acids is 10. The van der Waals surface area contributed by atoms with Crippen molar-refractivity contribution in [2.75, 3.05) is 78.9 Å². The Morgan fingerprint density at radius 3 is 2.33 bits per heavy atom. The molecule has 8 amide bonds. The molecule has 1 aliphatic carbocycles. The lowest BCUT2D eigenvalue weighted by molar-refractivity contribution is -0.196. The van der Waals surface area contributed by atoms with Crippen LogP contribution in [-0.2, 0) is 75.1 Å². The number of amides is 8. The zero-order valence-corrected chi connectivity index (χ0v) is 54.2. The van der Waals surface area contributed by atoms with E-state index in [0.29, 0.717) is 34.9 Å². The van der Waals surface area contributed by atoms with Crippen LogP contribution in [-0.4, -0.2) is 201 Å². The van der Waals surface area contributed by atoms with E-state index in [4.69, 9.17) is 54.3 Å². The number of hydrogen-bond acceptors (Lipinski definition) is 21. The van der Waals surface area contributed by atoms with E-state index in [1.807, 2.05) is 25.2 Å². The molecule has 7 rings (SSSR count). The molecule has 4 heterocycles. The first-order chi connectivity index (χ1) is 43.6. The van der Waals surface area contributed by atoms with Gasteiger partial charge in [-0.25, -0.2) is 28.8 Å². The molecule has 29 heteroatoms. The lowest BCUT2D eigenvalue weighted by atomic mass is 9.83. The highest BCUT2D eigenvalue weighted by atomic mass is 35.5. The highest BCUT2D eigenvalue weighted by molar-refractivity contribution is 6.35. The summed E-state index contributed by atoms with van der Waals surface area (Å²) in [6, 6.07) is 6.42. The summed E-state index contributed by atoms with van der Waals surface area (Å²) in [7, 11) is 8.58. The summed E-state index contributed by atoms with van der Waals surface area (Å²) < 4.78 is 45.9. The van der Waals surface area contributed by atoms with Crippen LogP contribution in [0.25, 0.3) is 0 Å². The zero-order valence-electron chi connectivity index (χ0n) is 53.4. The Labute approximate surface area is 538 Å². The van der Waals surface area contributed by atoms with Crippen LogP contribution in [0.1, 0.15) is 103 Å². The van der Waals surface area contributed by atoms with Gasteiger partial charge in [0.25, 0.3) is 11.8 Å². The summed E-state index contributed by atoms with van der Waals surface area (Å²) in [5, 5.41) is 20.6. The van der Waals surface area contributed by atoms with Gasteiger partial charge in [0, 0.05) is 73.6 Å². The molecule has 3 fully saturated rings. The van der Waals surface area contributed by atoms with Gasteiger partial charge in [-0.05, 0) is 81.8 Å². The van der Waals surface area contributed by atoms with Gasteiger partial charge in [0.2, 0.25) is 11.8 Å². The molecule has 2 aromatic rings. The van der Waals surface area contributed by atoms with Crippen LogP contribution in [0, 0.1) is 5.92 Å². The second kappa shape index (κ2) is 31.7. The number of ether oxygens (including phenoxy) is 8. The van der Waals surface area contributed by atoms with Gasteiger partial charge in [0.1, 0.15) is 60.5 Å². The Morgan fingerprint density at radius 2 is 1.63 bits per heavy atom. The number of methoxy groups -OCH3 is 2. The molecule has 5 aliphatic rings. The standard InChI is InChI=1S/C63H83ClN8O20/c1-37-17-16-20-48(85-10)63(83)34-47(89-59(80)67-63)38(2)56-62(4,91-56)49(33-53(76)71(8)44-31-41(29-37)32-46(84-9)55(44)64)90-57(78)39(3)70(7)50(73)25-28-86-60(81)68(5)26-27-69(6)61(82)87-36-40-21-22-45(88-58(79)66-42-18-14-12-11-13-15-19-42)43(30-40)65-35-54(77)92-72-51(74)23-24-52(72)75/h14,16-18,20-22,30-32,38-39,42,47-49,56,65,83H,11-13,15,19,23-29,33-36H2,1-10H3,(H,66,79)(H,67,80)/b18-14+,20-16+,37-17+/t38-,39+,42?,47+,48-,49+,56?,62+,63+/m1/s1. The van der Waals surface area contributed by atoms with E-state index in [0.717, 1.165) is 41.7 Å². The maximum Gasteiger partial charge on any atom is 0.413 e. The van der Waals surface area contributed by atoms with Gasteiger partial charge in [-0.15, -0.1) is 5.06 Å². The summed E-state index contributed by atoms with van der Waals surface area (Å²) in [4.78, 5) is 141. The smallest absolute Gasteiger partial charge is 0.413 e. The fourth-order valence-corrected chi connectivity index (χ4v) is 11.2. The molecule has 0 spiro atoms. The molecule has 4 N–H and O–H groups in total. The number of aliphatic hydroxyl groups is 1. The molecule has 3 saturated heterocycles. The average molecular weight is 1310 g/mol. The summed E-state index contributed by atoms with van der Waals surface area (Å²) in [5.41, 5.74) is -0.836. The fraction of sp³-hybridized carbons (Fsp3) is 0.556. The maximum absolute atomic E-state index is 14.4. The van der Waals surface area contributed by atoms with Gasteiger partial charge in [-0.1, -0.05) is 73.4 Å². The molecule has 92 heavy (non-hydrogen) atoms. The molecule has 0 aromatic heterocycles. The van der Waals surface area contributed by atoms with Crippen molar-refractivity contribution in [3.63, 3.8) is 0 Å². The molecule has 0 radical (unpaired) electrons. The molecule has 4 bridgehead atoms. The van der Waals surface area contributed by atoms with Gasteiger partial charge < -0.3 is 78.1 Å². The number of alkyl carbamates (subject to hydrolysis) is 1. The first-order valence-corrected chi connectivity index (χ1v) is 30.7. The third-order valence-electron chi connectivity index (χ3n) is 16.7. The van der Waals surface area contributed by atoms with Crippen molar-refractivity contribution in [2.45, 2.75) is 153 Å². The number of hydroxylamine groups is 2. The molecule has 502 valence electrons. The van der Waals surface area contributed by atoms with E-state index < -0.39 is 127 Å². The first kappa shape index (κ1) is 71.0. The number of epoxide rings is 1. The molecular weight excluding hydrogens is 1220 g/mol. The van der Waals surface area contributed by atoms with E-state index in [1.54, 1.807) is 38.1 Å². The maximum atomic E-state index is 14.4. The summed E-state index contributed by atoms with van der Waals surface area (Å²) >= 11 is 6.83. The second-order valence-electron chi connectivity index (χ2n) is 23.6. The Bertz CT molecular complexity index is 3180. The summed E-state index contributed by atoms with van der Waals surface area (Å²) in [6.07, 6.45) is 5.62. The number of imide groups is 1. The molecule has 4 aliphatic heterocycles. The number of fused-ring (bicyclic) bond motifs is 5. The number of halogens is 1. The summed E-state index contributed by atoms with van der Waals surface area (Å²) in [6.45, 7) is 5.40. The Hall–Kier alpha value is -8.47. The number of likely N-dealkylation sites (N-methyl/N-ethyl adjacent to an activating group) is 3. The van der Waals surface area contributed by atoms with Crippen LogP contribution >= 0.6 is 11.6 Å². The summed E-state index contributed by atoms with van der Waals surface area (Å²) in [5.74, 6) is -4.67. The number of allylic oxidation sites excluding steroid dienone is 4. The SMILES string of the molecule is COc1cc2cc(c1Cl)N(C)C(=O)C[C@H](OC(=O)[C@H](C)N(C)C(=O)CCOC(=O)N(C)CCN(C)C(=O)OCc1ccc(OC(=O)NC3/C=C/CCCCC3)c(NCC(=O)ON3C(=O)CCC3=O)c1)[C@]1(C)OC1[C@H](C)[C@@H]1C[C@@](O)(NC(=O)O1)[C@H](OC)/C=C/C=C(\C)C2. The van der Waals surface area contributed by atoms with Crippen LogP contribution < -0.4 is 30.3 Å². The predicted octanol–water partition coefficient (Wildman–Crippen LogP) is 6.24. The lowest BCUT2D eigenvalue weighted by Crippen LogP contribution is -2.63. The Morgan fingerprint density at radius 1 is 0.924 bits per heavy atom. The van der Waals surface area contributed by atoms with Crippen LogP contribution in [0.15, 0.2) is 66.3 Å². The van der Waals surface area contributed by atoms with Gasteiger partial charge >= 0.3 is 36.3 Å². The number of rotatable bonds is 19. The second-order valence-corrected chi connectivity index (χ2v) is 24.0. The van der Waals surface area contributed by atoms with E-state index in [2.05, 4.69) is 16.0 Å². The van der Waals surface area contributed by atoms with Crippen molar-refractivity contribution < 1.29 is 95.8 Å². The molecule has 2 unspecified atom stereocenters. The highest BCUT2D eigenvalue weighted by Crippen LogP contribution is 2.49. The molecule has 9 atom stereocenters. The number of carbonyl (C=O) groups is 10. The van der Waals surface area contributed by atoms with Crippen molar-refractivity contribution in [3.05, 3.63) is 82.4 Å². The third-order valence-corrected chi connectivity index (χ3v) is 17.1. The lowest BCUT2D eigenvalue weighted by Gasteiger charge is -2.42. The van der Waals surface area contributed by atoms with Crippen molar-refractivity contribution >= 4 is 82.9 Å². The highest BCUT2D eigenvalue weighted by Gasteiger charge is 2.64. The topological polar surface area (TPSA) is 330 Å². The Balaban J connectivity index is 0.925. The first-order valence-electron chi connectivity index (χ1n) is 30.3. The quantitative estimate of drug-likeness (QED) is 0.0398. The molecule has 28 nitrogen and oxygen atoms in total. The van der Waals surface area contributed by atoms with E-state index in [9.17, 15) is 53.1 Å². The van der Waals surface area contributed by atoms with E-state index in [1.165, 1.54) is 82.2 Å². The number of nitrogens with zero attached hydrogens (tertiary/aromatic N) is 5.